The third-order valence-corrected chi connectivity index (χ3v) is 2.41. The van der Waals surface area contributed by atoms with E-state index in [-0.39, 0.29) is 0 Å². The third kappa shape index (κ3) is 4.63. The van der Waals surface area contributed by atoms with E-state index in [1.165, 1.54) is 0 Å². The Morgan fingerprint density at radius 3 is 2.33 bits per heavy atom. The number of benzene rings is 1. The summed E-state index contributed by atoms with van der Waals surface area (Å²) in [7, 11) is 1.64. The number of ether oxygens (including phenoxy) is 1. The Balaban J connectivity index is 2.47. The molecule has 0 bridgehead atoms. The van der Waals surface area contributed by atoms with E-state index >= 15 is 0 Å². The first-order valence-corrected chi connectivity index (χ1v) is 6.09. The number of rotatable bonds is 5. The van der Waals surface area contributed by atoms with Gasteiger partial charge in [-0.3, -0.25) is 10.9 Å². The topological polar surface area (TPSA) is 45.3 Å². The van der Waals surface area contributed by atoms with Crippen molar-refractivity contribution in [2.45, 2.75) is 19.9 Å². The summed E-state index contributed by atoms with van der Waals surface area (Å²) >= 11 is 5.09. The van der Waals surface area contributed by atoms with Gasteiger partial charge in [0.2, 0.25) is 0 Å². The second kappa shape index (κ2) is 6.86. The summed E-state index contributed by atoms with van der Waals surface area (Å²) < 4.78 is 5.09. The molecule has 0 aliphatic heterocycles. The first-order valence-electron chi connectivity index (χ1n) is 5.68. The van der Waals surface area contributed by atoms with Crippen molar-refractivity contribution < 1.29 is 4.74 Å². The van der Waals surface area contributed by atoms with Crippen molar-refractivity contribution in [3.8, 4) is 5.75 Å². The molecule has 1 aromatic carbocycles. The van der Waals surface area contributed by atoms with Crippen LogP contribution in [0, 0.1) is 0 Å². The van der Waals surface area contributed by atoms with Crippen LogP contribution >= 0.6 is 12.2 Å². The van der Waals surface area contributed by atoms with Crippen molar-refractivity contribution in [1.29, 1.82) is 0 Å². The molecule has 5 heteroatoms. The number of thiocarbonyl (C=S) groups is 1. The molecule has 3 N–H and O–H groups in total. The lowest BCUT2D eigenvalue weighted by Crippen LogP contribution is -2.45. The maximum Gasteiger partial charge on any atom is 0.185 e. The Hall–Kier alpha value is -1.75. The van der Waals surface area contributed by atoms with E-state index in [0.717, 1.165) is 17.0 Å². The van der Waals surface area contributed by atoms with Crippen molar-refractivity contribution in [3.63, 3.8) is 0 Å². The van der Waals surface area contributed by atoms with Gasteiger partial charge in [-0.15, -0.1) is 0 Å². The van der Waals surface area contributed by atoms with Crippen LogP contribution in [0.25, 0.3) is 5.70 Å². The minimum absolute atomic E-state index is 0.293. The van der Waals surface area contributed by atoms with E-state index in [2.05, 4.69) is 22.7 Å². The number of methoxy groups -OCH3 is 1. The van der Waals surface area contributed by atoms with E-state index in [1.54, 1.807) is 7.11 Å². The van der Waals surface area contributed by atoms with Crippen LogP contribution in [-0.4, -0.2) is 18.3 Å². The molecule has 1 rings (SSSR count). The van der Waals surface area contributed by atoms with E-state index < -0.39 is 0 Å². The first kappa shape index (κ1) is 14.3. The normalized spacial score (nSPS) is 9.78. The minimum atomic E-state index is 0.293. The largest absolute Gasteiger partial charge is 0.497 e. The van der Waals surface area contributed by atoms with Crippen LogP contribution in [0.15, 0.2) is 30.8 Å². The summed E-state index contributed by atoms with van der Waals surface area (Å²) in [5.74, 6) is 0.816. The molecule has 0 unspecified atom stereocenters. The number of hydrogen-bond acceptors (Lipinski definition) is 3. The van der Waals surface area contributed by atoms with Crippen molar-refractivity contribution in [2.75, 3.05) is 7.11 Å². The smallest absolute Gasteiger partial charge is 0.185 e. The third-order valence-electron chi connectivity index (χ3n) is 2.19. The highest BCUT2D eigenvalue weighted by Crippen LogP contribution is 2.14. The lowest BCUT2D eigenvalue weighted by Gasteiger charge is -2.16. The molecule has 0 radical (unpaired) electrons. The Bertz CT molecular complexity index is 415. The molecule has 0 atom stereocenters. The van der Waals surface area contributed by atoms with Crippen LogP contribution in [0.1, 0.15) is 19.4 Å². The first-order chi connectivity index (χ1) is 8.52. The molecular formula is C13H19N3OS. The maximum absolute atomic E-state index is 5.09. The molecule has 0 aromatic heterocycles. The zero-order valence-electron chi connectivity index (χ0n) is 10.9. The molecule has 1 aromatic rings. The predicted molar refractivity (Wildman–Crippen MR) is 79.2 cm³/mol. The van der Waals surface area contributed by atoms with Gasteiger partial charge in [0, 0.05) is 6.04 Å². The Morgan fingerprint density at radius 1 is 1.22 bits per heavy atom. The van der Waals surface area contributed by atoms with E-state index in [4.69, 9.17) is 17.0 Å². The molecular weight excluding hydrogens is 246 g/mol. The van der Waals surface area contributed by atoms with Gasteiger partial charge in [0.1, 0.15) is 5.75 Å². The van der Waals surface area contributed by atoms with Crippen LogP contribution < -0.4 is 20.9 Å². The van der Waals surface area contributed by atoms with Crippen LogP contribution in [0.3, 0.4) is 0 Å². The monoisotopic (exact) mass is 265 g/mol. The summed E-state index contributed by atoms with van der Waals surface area (Å²) in [4.78, 5) is 0. The molecule has 0 amide bonds. The van der Waals surface area contributed by atoms with Gasteiger partial charge in [0.05, 0.1) is 12.8 Å². The molecule has 0 aliphatic rings. The number of hydrazine groups is 1. The summed E-state index contributed by atoms with van der Waals surface area (Å²) in [5, 5.41) is 3.61. The zero-order chi connectivity index (χ0) is 13.5. The summed E-state index contributed by atoms with van der Waals surface area (Å²) in [5.41, 5.74) is 7.54. The highest BCUT2D eigenvalue weighted by molar-refractivity contribution is 7.80. The lowest BCUT2D eigenvalue weighted by atomic mass is 10.2. The molecule has 4 nitrogen and oxygen atoms in total. The van der Waals surface area contributed by atoms with E-state index in [9.17, 15) is 0 Å². The van der Waals surface area contributed by atoms with E-state index in [0.29, 0.717) is 11.2 Å². The Kier molecular flexibility index (Phi) is 5.45. The highest BCUT2D eigenvalue weighted by Gasteiger charge is 2.01. The van der Waals surface area contributed by atoms with Crippen molar-refractivity contribution in [1.82, 2.24) is 16.2 Å². The number of nitrogens with one attached hydrogen (secondary N) is 3. The molecule has 0 fully saturated rings. The fourth-order valence-corrected chi connectivity index (χ4v) is 1.58. The van der Waals surface area contributed by atoms with Gasteiger partial charge in [0.25, 0.3) is 0 Å². The highest BCUT2D eigenvalue weighted by atomic mass is 32.1. The summed E-state index contributed by atoms with van der Waals surface area (Å²) in [6, 6.07) is 7.91. The second-order valence-electron chi connectivity index (χ2n) is 4.09. The SMILES string of the molecule is C=C(NNC(=S)NC(C)C)c1ccc(OC)cc1. The van der Waals surface area contributed by atoms with Gasteiger partial charge in [0.15, 0.2) is 5.11 Å². The van der Waals surface area contributed by atoms with Crippen LogP contribution in [0.4, 0.5) is 0 Å². The van der Waals surface area contributed by atoms with Crippen molar-refractivity contribution in [2.24, 2.45) is 0 Å². The molecule has 0 spiro atoms. The molecule has 98 valence electrons. The van der Waals surface area contributed by atoms with Crippen LogP contribution in [-0.2, 0) is 0 Å². The van der Waals surface area contributed by atoms with Gasteiger partial charge < -0.3 is 10.1 Å². The molecule has 18 heavy (non-hydrogen) atoms. The minimum Gasteiger partial charge on any atom is -0.497 e. The maximum atomic E-state index is 5.09. The summed E-state index contributed by atoms with van der Waals surface area (Å²) in [6.07, 6.45) is 0. The zero-order valence-corrected chi connectivity index (χ0v) is 11.7. The lowest BCUT2D eigenvalue weighted by molar-refractivity contribution is 0.415. The standard InChI is InChI=1S/C13H19N3OS/c1-9(2)14-13(18)16-15-10(3)11-5-7-12(17-4)8-6-11/h5-9,15H,3H2,1-2,4H3,(H2,14,16,18). The fourth-order valence-electron chi connectivity index (χ4n) is 1.29. The van der Waals surface area contributed by atoms with Gasteiger partial charge in [-0.1, -0.05) is 6.58 Å². The summed E-state index contributed by atoms with van der Waals surface area (Å²) in [6.45, 7) is 7.97. The molecule has 0 aliphatic carbocycles. The second-order valence-corrected chi connectivity index (χ2v) is 4.49. The predicted octanol–water partition coefficient (Wildman–Crippen LogP) is 2.04. The van der Waals surface area contributed by atoms with Gasteiger partial charge in [-0.05, 0) is 55.9 Å². The quantitative estimate of drug-likeness (QED) is 0.562. The van der Waals surface area contributed by atoms with E-state index in [1.807, 2.05) is 38.1 Å². The average molecular weight is 265 g/mol. The molecule has 0 saturated carbocycles. The van der Waals surface area contributed by atoms with Crippen molar-refractivity contribution in [3.05, 3.63) is 36.4 Å². The van der Waals surface area contributed by atoms with Gasteiger partial charge in [-0.25, -0.2) is 0 Å². The molecule has 0 saturated heterocycles. The van der Waals surface area contributed by atoms with Crippen LogP contribution in [0.2, 0.25) is 0 Å². The molecule has 0 heterocycles. The Morgan fingerprint density at radius 2 is 1.83 bits per heavy atom. The van der Waals surface area contributed by atoms with Crippen molar-refractivity contribution >= 4 is 23.0 Å². The Labute approximate surface area is 113 Å². The number of hydrogen-bond donors (Lipinski definition) is 3. The van der Waals surface area contributed by atoms with Crippen LogP contribution in [0.5, 0.6) is 5.75 Å². The average Bonchev–Trinajstić information content (AvgIpc) is 2.35. The van der Waals surface area contributed by atoms with Gasteiger partial charge in [-0.2, -0.15) is 0 Å². The fraction of sp³-hybridized carbons (Fsp3) is 0.308. The van der Waals surface area contributed by atoms with Gasteiger partial charge >= 0.3 is 0 Å².